The Morgan fingerprint density at radius 1 is 0.967 bits per heavy atom. The summed E-state index contributed by atoms with van der Waals surface area (Å²) >= 11 is 0. The van der Waals surface area contributed by atoms with Gasteiger partial charge in [-0.25, -0.2) is 0 Å². The Hall–Kier alpha value is -2.48. The molecule has 3 N–H and O–H groups in total. The van der Waals surface area contributed by atoms with Crippen LogP contribution in [0.25, 0.3) is 0 Å². The molecule has 7 nitrogen and oxygen atoms in total. The molecule has 0 aliphatic carbocycles. The van der Waals surface area contributed by atoms with E-state index in [0.29, 0.717) is 11.7 Å². The molecule has 30 heavy (non-hydrogen) atoms. The molecule has 2 aromatic carbocycles. The summed E-state index contributed by atoms with van der Waals surface area (Å²) in [5.74, 6) is 0.766. The van der Waals surface area contributed by atoms with E-state index in [1.54, 1.807) is 14.2 Å². The van der Waals surface area contributed by atoms with Gasteiger partial charge in [-0.2, -0.15) is 0 Å². The van der Waals surface area contributed by atoms with Crippen molar-refractivity contribution in [2.24, 2.45) is 0 Å². The number of benzene rings is 2. The zero-order valence-corrected chi connectivity index (χ0v) is 18.0. The third-order valence-electron chi connectivity index (χ3n) is 5.60. The van der Waals surface area contributed by atoms with Crippen LogP contribution in [0.1, 0.15) is 12.8 Å². The second kappa shape index (κ2) is 11.6. The summed E-state index contributed by atoms with van der Waals surface area (Å²) in [4.78, 5) is 9.70. The molecular formula is C23H34N4O3. The van der Waals surface area contributed by atoms with Crippen molar-refractivity contribution in [1.29, 1.82) is 0 Å². The van der Waals surface area contributed by atoms with Crippen molar-refractivity contribution < 1.29 is 14.3 Å². The lowest BCUT2D eigenvalue weighted by Crippen LogP contribution is -2.49. The van der Waals surface area contributed by atoms with Crippen LogP contribution in [0.2, 0.25) is 0 Å². The highest BCUT2D eigenvalue weighted by Gasteiger charge is 2.26. The number of nitrogens with one attached hydrogen (secondary N) is 1. The van der Waals surface area contributed by atoms with E-state index in [9.17, 15) is 0 Å². The van der Waals surface area contributed by atoms with Gasteiger partial charge in [0.15, 0.2) is 0 Å². The zero-order valence-electron chi connectivity index (χ0n) is 18.0. The number of para-hydroxylation sites is 1. The van der Waals surface area contributed by atoms with Crippen molar-refractivity contribution in [2.75, 3.05) is 69.7 Å². The van der Waals surface area contributed by atoms with E-state index in [0.717, 1.165) is 50.8 Å². The predicted octanol–water partition coefficient (Wildman–Crippen LogP) is 3.24. The van der Waals surface area contributed by atoms with Crippen LogP contribution >= 0.6 is 0 Å². The highest BCUT2D eigenvalue weighted by atomic mass is 16.6. The van der Waals surface area contributed by atoms with Crippen LogP contribution in [0.15, 0.2) is 48.5 Å². The van der Waals surface area contributed by atoms with Crippen molar-refractivity contribution in [3.8, 4) is 5.75 Å². The first kappa shape index (κ1) is 22.2. The van der Waals surface area contributed by atoms with E-state index in [2.05, 4.69) is 26.2 Å². The number of nitrogens with two attached hydrogens (primary N) is 1. The monoisotopic (exact) mass is 414 g/mol. The molecule has 0 unspecified atom stereocenters. The summed E-state index contributed by atoms with van der Waals surface area (Å²) in [5, 5.41) is 0. The average molecular weight is 415 g/mol. The third kappa shape index (κ3) is 6.26. The number of ether oxygens (including phenoxy) is 2. The van der Waals surface area contributed by atoms with Gasteiger partial charge in [0.05, 0.1) is 38.8 Å². The molecule has 2 aliphatic heterocycles. The van der Waals surface area contributed by atoms with Gasteiger partial charge in [0.25, 0.3) is 0 Å². The molecule has 4 rings (SSSR count). The normalized spacial score (nSPS) is 17.7. The summed E-state index contributed by atoms with van der Waals surface area (Å²) in [6.45, 7) is 6.12. The molecule has 0 amide bonds. The van der Waals surface area contributed by atoms with Crippen LogP contribution in [-0.2, 0) is 9.57 Å². The molecule has 0 atom stereocenters. The molecule has 2 saturated heterocycles. The number of anilines is 3. The van der Waals surface area contributed by atoms with Gasteiger partial charge in [-0.05, 0) is 37.1 Å². The second-order valence-electron chi connectivity index (χ2n) is 7.47. The number of nitrogen functional groups attached to an aromatic ring is 1. The van der Waals surface area contributed by atoms with Gasteiger partial charge in [-0.3, -0.25) is 15.2 Å². The van der Waals surface area contributed by atoms with E-state index in [1.807, 2.05) is 42.5 Å². The highest BCUT2D eigenvalue weighted by molar-refractivity contribution is 5.62. The van der Waals surface area contributed by atoms with Crippen molar-refractivity contribution in [2.45, 2.75) is 18.9 Å². The van der Waals surface area contributed by atoms with Gasteiger partial charge in [0.1, 0.15) is 5.75 Å². The Morgan fingerprint density at radius 2 is 1.67 bits per heavy atom. The lowest BCUT2D eigenvalue weighted by atomic mass is 10.0. The number of nitrogens with zero attached hydrogens (tertiary/aromatic N) is 2. The largest absolute Gasteiger partial charge is 0.495 e. The van der Waals surface area contributed by atoms with Crippen molar-refractivity contribution >= 4 is 17.1 Å². The minimum absolute atomic E-state index is 0.699. The molecule has 0 aromatic heterocycles. The molecule has 2 aromatic rings. The summed E-state index contributed by atoms with van der Waals surface area (Å²) in [6.07, 6.45) is 2.43. The van der Waals surface area contributed by atoms with Gasteiger partial charge in [-0.1, -0.05) is 18.2 Å². The smallest absolute Gasteiger partial charge is 0.143 e. The van der Waals surface area contributed by atoms with E-state index in [4.69, 9.17) is 15.2 Å². The van der Waals surface area contributed by atoms with E-state index >= 15 is 0 Å². The van der Waals surface area contributed by atoms with E-state index in [1.165, 1.54) is 18.5 Å². The van der Waals surface area contributed by atoms with Gasteiger partial charge >= 0.3 is 0 Å². The highest BCUT2D eigenvalue weighted by Crippen LogP contribution is 2.29. The standard InChI is InChI=1S/C16H25N3O2.C7H9NO/c1-20-16-12-14(2-3-15(16)17)18-6-4-13(5-7-18)19-8-10-21-11-9-19;1-9-8-7-5-3-2-4-6-7/h2-3,12-13H,4-11,17H2,1H3;2-6,8H,1H3. The molecule has 2 aliphatic rings. The second-order valence-corrected chi connectivity index (χ2v) is 7.47. The molecule has 0 bridgehead atoms. The fourth-order valence-corrected chi connectivity index (χ4v) is 3.95. The minimum Gasteiger partial charge on any atom is -0.495 e. The predicted molar refractivity (Wildman–Crippen MR) is 122 cm³/mol. The van der Waals surface area contributed by atoms with Gasteiger partial charge in [0.2, 0.25) is 0 Å². The first-order valence-electron chi connectivity index (χ1n) is 10.6. The summed E-state index contributed by atoms with van der Waals surface area (Å²) in [7, 11) is 3.26. The Morgan fingerprint density at radius 3 is 2.30 bits per heavy atom. The quantitative estimate of drug-likeness (QED) is 0.575. The topological polar surface area (TPSA) is 72.2 Å². The van der Waals surface area contributed by atoms with Crippen molar-refractivity contribution in [3.05, 3.63) is 48.5 Å². The molecule has 0 spiro atoms. The van der Waals surface area contributed by atoms with Crippen LogP contribution in [0.4, 0.5) is 17.1 Å². The number of hydrogen-bond donors (Lipinski definition) is 2. The molecule has 0 radical (unpaired) electrons. The van der Waals surface area contributed by atoms with E-state index < -0.39 is 0 Å². The molecular weight excluding hydrogens is 380 g/mol. The Bertz CT molecular complexity index is 745. The maximum atomic E-state index is 5.89. The fourth-order valence-electron chi connectivity index (χ4n) is 3.95. The zero-order chi connectivity index (χ0) is 21.2. The lowest BCUT2D eigenvalue weighted by Gasteiger charge is -2.40. The first-order chi connectivity index (χ1) is 14.7. The van der Waals surface area contributed by atoms with Gasteiger partial charge < -0.3 is 20.1 Å². The Labute approximate surface area is 179 Å². The number of methoxy groups -OCH3 is 1. The van der Waals surface area contributed by atoms with Crippen LogP contribution in [-0.4, -0.2) is 64.6 Å². The first-order valence-corrected chi connectivity index (χ1v) is 10.6. The number of piperidine rings is 1. The molecule has 164 valence electrons. The fraction of sp³-hybridized carbons (Fsp3) is 0.478. The Kier molecular flexibility index (Phi) is 8.62. The molecule has 2 fully saturated rings. The van der Waals surface area contributed by atoms with Gasteiger partial charge in [-0.15, -0.1) is 0 Å². The van der Waals surface area contributed by atoms with E-state index in [-0.39, 0.29) is 0 Å². The molecule has 2 heterocycles. The summed E-state index contributed by atoms with van der Waals surface area (Å²) in [5.41, 5.74) is 11.5. The number of morpholine rings is 1. The van der Waals surface area contributed by atoms with Crippen LogP contribution in [0.3, 0.4) is 0 Å². The van der Waals surface area contributed by atoms with Crippen molar-refractivity contribution in [3.63, 3.8) is 0 Å². The van der Waals surface area contributed by atoms with Crippen LogP contribution in [0.5, 0.6) is 5.75 Å². The van der Waals surface area contributed by atoms with Crippen LogP contribution < -0.4 is 20.9 Å². The average Bonchev–Trinajstić information content (AvgIpc) is 2.81. The summed E-state index contributed by atoms with van der Waals surface area (Å²) < 4.78 is 10.8. The Balaban J connectivity index is 0.000000239. The maximum Gasteiger partial charge on any atom is 0.143 e. The van der Waals surface area contributed by atoms with Crippen LogP contribution in [0, 0.1) is 0 Å². The summed E-state index contributed by atoms with van der Waals surface area (Å²) in [6, 6.07) is 16.5. The lowest BCUT2D eigenvalue weighted by molar-refractivity contribution is 0.0115. The molecule has 7 heteroatoms. The number of rotatable bonds is 5. The number of hydrogen-bond acceptors (Lipinski definition) is 7. The maximum absolute atomic E-state index is 5.89. The SMILES string of the molecule is CONc1ccccc1.COc1cc(N2CCC(N3CCOCC3)CC2)ccc1N. The van der Waals surface area contributed by atoms with Gasteiger partial charge in [0, 0.05) is 44.0 Å². The van der Waals surface area contributed by atoms with Crippen molar-refractivity contribution in [1.82, 2.24) is 4.90 Å². The minimum atomic E-state index is 0.699. The molecule has 0 saturated carbocycles. The third-order valence-corrected chi connectivity index (χ3v) is 5.60.